The third-order valence-corrected chi connectivity index (χ3v) is 3.41. The fourth-order valence-corrected chi connectivity index (χ4v) is 2.19. The van der Waals surface area contributed by atoms with E-state index in [2.05, 4.69) is 13.8 Å². The smallest absolute Gasteiger partial charge is 0.0326 e. The maximum atomic E-state index is 4.08. The maximum Gasteiger partial charge on any atom is -0.0326 e. The normalized spacial score (nSPS) is 25.5. The predicted molar refractivity (Wildman–Crippen MR) is 55.0 cm³/mol. The van der Waals surface area contributed by atoms with E-state index in [0.29, 0.717) is 5.41 Å². The molecule has 12 heavy (non-hydrogen) atoms. The molecule has 0 heteroatoms. The third kappa shape index (κ3) is 3.16. The van der Waals surface area contributed by atoms with Crippen LogP contribution >= 0.6 is 0 Å². The van der Waals surface area contributed by atoms with E-state index in [0.717, 1.165) is 6.42 Å². The molecule has 0 aromatic carbocycles. The Morgan fingerprint density at radius 2 is 1.33 bits per heavy atom. The van der Waals surface area contributed by atoms with Gasteiger partial charge in [-0.3, -0.25) is 0 Å². The highest BCUT2D eigenvalue weighted by atomic mass is 14.3. The molecule has 1 radical (unpaired) electrons. The lowest BCUT2D eigenvalue weighted by atomic mass is 9.78. The quantitative estimate of drug-likeness (QED) is 0.544. The minimum atomic E-state index is 0.574. The molecule has 0 aliphatic heterocycles. The minimum absolute atomic E-state index is 0.574. The average molecular weight is 167 g/mol. The summed E-state index contributed by atoms with van der Waals surface area (Å²) in [5.74, 6) is 0. The minimum Gasteiger partial charge on any atom is -0.0596 e. The predicted octanol–water partition coefficient (Wildman–Crippen LogP) is 4.35. The second-order valence-electron chi connectivity index (χ2n) is 4.68. The molecule has 1 rings (SSSR count). The first kappa shape index (κ1) is 10.1. The van der Waals surface area contributed by atoms with Gasteiger partial charge in [-0.15, -0.1) is 0 Å². The van der Waals surface area contributed by atoms with Gasteiger partial charge < -0.3 is 0 Å². The molecule has 0 N–H and O–H groups in total. The summed E-state index contributed by atoms with van der Waals surface area (Å²) < 4.78 is 0. The molecular weight excluding hydrogens is 144 g/mol. The molecule has 0 bridgehead atoms. The van der Waals surface area contributed by atoms with Gasteiger partial charge in [-0.1, -0.05) is 52.4 Å². The lowest BCUT2D eigenvalue weighted by Crippen LogP contribution is -2.14. The molecular formula is C12H23. The van der Waals surface area contributed by atoms with Gasteiger partial charge in [-0.2, -0.15) is 0 Å². The molecule has 1 aliphatic carbocycles. The van der Waals surface area contributed by atoms with Gasteiger partial charge in [0.05, 0.1) is 0 Å². The van der Waals surface area contributed by atoms with Crippen LogP contribution in [0.3, 0.4) is 0 Å². The monoisotopic (exact) mass is 167 g/mol. The van der Waals surface area contributed by atoms with E-state index in [1.807, 2.05) is 0 Å². The van der Waals surface area contributed by atoms with Gasteiger partial charge in [0.1, 0.15) is 0 Å². The van der Waals surface area contributed by atoms with Gasteiger partial charge in [-0.25, -0.2) is 0 Å². The van der Waals surface area contributed by atoms with Crippen molar-refractivity contribution in [3.8, 4) is 0 Å². The molecule has 1 aliphatic rings. The van der Waals surface area contributed by atoms with Crippen molar-refractivity contribution in [1.82, 2.24) is 0 Å². The Kier molecular flexibility index (Phi) is 4.11. The van der Waals surface area contributed by atoms with Crippen LogP contribution in [-0.4, -0.2) is 0 Å². The summed E-state index contributed by atoms with van der Waals surface area (Å²) in [5.41, 5.74) is 0.574. The van der Waals surface area contributed by atoms with E-state index >= 15 is 0 Å². The molecule has 71 valence electrons. The van der Waals surface area contributed by atoms with Crippen molar-refractivity contribution in [2.75, 3.05) is 0 Å². The number of hydrogen-bond acceptors (Lipinski definition) is 0. The molecule has 0 aromatic rings. The van der Waals surface area contributed by atoms with Crippen molar-refractivity contribution in [3.63, 3.8) is 0 Å². The largest absolute Gasteiger partial charge is 0.0596 e. The Hall–Kier alpha value is 0. The summed E-state index contributed by atoms with van der Waals surface area (Å²) in [6.45, 7) is 6.51. The van der Waals surface area contributed by atoms with E-state index < -0.39 is 0 Å². The summed E-state index contributed by atoms with van der Waals surface area (Å²) in [6, 6.07) is 0. The molecule has 0 aromatic heterocycles. The van der Waals surface area contributed by atoms with Crippen molar-refractivity contribution in [2.45, 2.75) is 64.7 Å². The van der Waals surface area contributed by atoms with Gasteiger partial charge in [0.15, 0.2) is 0 Å². The second-order valence-corrected chi connectivity index (χ2v) is 4.68. The van der Waals surface area contributed by atoms with Crippen LogP contribution < -0.4 is 0 Å². The number of rotatable bonds is 1. The van der Waals surface area contributed by atoms with Crippen LogP contribution in [0, 0.1) is 12.3 Å². The van der Waals surface area contributed by atoms with E-state index in [9.17, 15) is 0 Å². The lowest BCUT2D eigenvalue weighted by Gasteiger charge is -2.27. The summed E-state index contributed by atoms with van der Waals surface area (Å²) in [5, 5.41) is 0. The Morgan fingerprint density at radius 1 is 0.917 bits per heavy atom. The lowest BCUT2D eigenvalue weighted by molar-refractivity contribution is 0.262. The van der Waals surface area contributed by atoms with Crippen LogP contribution in [0.25, 0.3) is 0 Å². The van der Waals surface area contributed by atoms with Crippen molar-refractivity contribution in [3.05, 3.63) is 6.92 Å². The molecule has 0 unspecified atom stereocenters. The highest BCUT2D eigenvalue weighted by Gasteiger charge is 2.21. The first-order valence-electron chi connectivity index (χ1n) is 5.56. The summed E-state index contributed by atoms with van der Waals surface area (Å²) >= 11 is 0. The van der Waals surface area contributed by atoms with Crippen LogP contribution in [0.5, 0.6) is 0 Å². The fraction of sp³-hybridized carbons (Fsp3) is 0.917. The zero-order valence-electron chi connectivity index (χ0n) is 8.57. The molecule has 0 amide bonds. The molecule has 0 atom stereocenters. The molecule has 1 saturated carbocycles. The SMILES string of the molecule is [CH2]CC1(C)CCCCCCCC1. The first-order chi connectivity index (χ1) is 5.77. The van der Waals surface area contributed by atoms with Crippen molar-refractivity contribution >= 4 is 0 Å². The zero-order valence-corrected chi connectivity index (χ0v) is 8.57. The van der Waals surface area contributed by atoms with Crippen molar-refractivity contribution in [2.24, 2.45) is 5.41 Å². The Balaban J connectivity index is 2.38. The van der Waals surface area contributed by atoms with Gasteiger partial charge >= 0.3 is 0 Å². The number of hydrogen-bond donors (Lipinski definition) is 0. The zero-order chi connectivity index (χ0) is 8.86. The van der Waals surface area contributed by atoms with Gasteiger partial charge in [0.2, 0.25) is 0 Å². The molecule has 0 nitrogen and oxygen atoms in total. The van der Waals surface area contributed by atoms with Gasteiger partial charge in [0.25, 0.3) is 0 Å². The molecule has 0 saturated heterocycles. The van der Waals surface area contributed by atoms with Crippen LogP contribution in [0.15, 0.2) is 0 Å². The highest BCUT2D eigenvalue weighted by molar-refractivity contribution is 4.76. The van der Waals surface area contributed by atoms with Gasteiger partial charge in [0, 0.05) is 0 Å². The first-order valence-corrected chi connectivity index (χ1v) is 5.56. The fourth-order valence-electron chi connectivity index (χ4n) is 2.19. The molecule has 1 fully saturated rings. The molecule has 0 spiro atoms. The van der Waals surface area contributed by atoms with Crippen LogP contribution in [0.1, 0.15) is 64.7 Å². The summed E-state index contributed by atoms with van der Waals surface area (Å²) in [7, 11) is 0. The van der Waals surface area contributed by atoms with Crippen molar-refractivity contribution < 1.29 is 0 Å². The summed E-state index contributed by atoms with van der Waals surface area (Å²) in [6.07, 6.45) is 12.7. The van der Waals surface area contributed by atoms with E-state index in [1.165, 1.54) is 51.4 Å². The summed E-state index contributed by atoms with van der Waals surface area (Å²) in [4.78, 5) is 0. The molecule has 0 heterocycles. The highest BCUT2D eigenvalue weighted by Crippen LogP contribution is 2.35. The third-order valence-electron chi connectivity index (χ3n) is 3.41. The van der Waals surface area contributed by atoms with Crippen molar-refractivity contribution in [1.29, 1.82) is 0 Å². The van der Waals surface area contributed by atoms with Crippen LogP contribution in [0.4, 0.5) is 0 Å². The van der Waals surface area contributed by atoms with Gasteiger partial charge in [-0.05, 0) is 24.7 Å². The Morgan fingerprint density at radius 3 is 1.75 bits per heavy atom. The van der Waals surface area contributed by atoms with Crippen LogP contribution in [0.2, 0.25) is 0 Å². The standard InChI is InChI=1S/C12H23/c1-3-12(2)10-8-6-4-5-7-9-11-12/h1,3-11H2,2H3. The Bertz CT molecular complexity index is 105. The van der Waals surface area contributed by atoms with E-state index in [4.69, 9.17) is 0 Å². The maximum absolute atomic E-state index is 4.08. The topological polar surface area (TPSA) is 0 Å². The Labute approximate surface area is 77.7 Å². The van der Waals surface area contributed by atoms with E-state index in [-0.39, 0.29) is 0 Å². The second kappa shape index (κ2) is 4.89. The average Bonchev–Trinajstić information content (AvgIpc) is 2.18. The van der Waals surface area contributed by atoms with E-state index in [1.54, 1.807) is 0 Å². The van der Waals surface area contributed by atoms with Crippen LogP contribution in [-0.2, 0) is 0 Å².